The van der Waals surface area contributed by atoms with Crippen LogP contribution in [0.4, 0.5) is 4.79 Å². The summed E-state index contributed by atoms with van der Waals surface area (Å²) in [6.07, 6.45) is 3.00. The maximum atomic E-state index is 11.7. The predicted molar refractivity (Wildman–Crippen MR) is 73.6 cm³/mol. The molecule has 19 heavy (non-hydrogen) atoms. The van der Waals surface area contributed by atoms with Crippen molar-refractivity contribution in [2.24, 2.45) is 0 Å². The summed E-state index contributed by atoms with van der Waals surface area (Å²) in [5.41, 5.74) is 2.59. The minimum Gasteiger partial charge on any atom is -0.410 e. The molecule has 0 spiro atoms. The van der Waals surface area contributed by atoms with E-state index in [1.165, 1.54) is 22.4 Å². The van der Waals surface area contributed by atoms with Gasteiger partial charge in [-0.05, 0) is 43.0 Å². The van der Waals surface area contributed by atoms with Crippen molar-refractivity contribution in [3.8, 4) is 5.75 Å². The van der Waals surface area contributed by atoms with E-state index >= 15 is 0 Å². The largest absolute Gasteiger partial charge is 0.414 e. The van der Waals surface area contributed by atoms with E-state index in [0.29, 0.717) is 12.0 Å². The molecule has 0 bridgehead atoms. The minimum absolute atomic E-state index is 0.305. The highest BCUT2D eigenvalue weighted by Gasteiger charge is 2.34. The average Bonchev–Trinajstić information content (AvgIpc) is 2.87. The van der Waals surface area contributed by atoms with Crippen LogP contribution in [0, 0.1) is 0 Å². The lowest BCUT2D eigenvalue weighted by atomic mass is 9.79. The molecule has 1 aromatic carbocycles. The van der Waals surface area contributed by atoms with Gasteiger partial charge in [0.1, 0.15) is 5.75 Å². The Morgan fingerprint density at radius 1 is 1.37 bits per heavy atom. The highest BCUT2D eigenvalue weighted by molar-refractivity contribution is 5.70. The zero-order valence-corrected chi connectivity index (χ0v) is 11.5. The number of fused-ring (bicyclic) bond motifs is 3. The second-order valence-electron chi connectivity index (χ2n) is 5.58. The van der Waals surface area contributed by atoms with Gasteiger partial charge >= 0.3 is 6.09 Å². The molecule has 0 saturated carbocycles. The number of ether oxygens (including phenoxy) is 1. The van der Waals surface area contributed by atoms with Gasteiger partial charge in [0.15, 0.2) is 0 Å². The Bertz CT molecular complexity index is 499. The van der Waals surface area contributed by atoms with Crippen LogP contribution in [0.1, 0.15) is 29.9 Å². The lowest BCUT2D eigenvalue weighted by Crippen LogP contribution is -2.31. The van der Waals surface area contributed by atoms with Crippen molar-refractivity contribution in [1.29, 1.82) is 0 Å². The van der Waals surface area contributed by atoms with Crippen molar-refractivity contribution in [3.63, 3.8) is 0 Å². The fourth-order valence-electron chi connectivity index (χ4n) is 3.22. The van der Waals surface area contributed by atoms with E-state index in [1.54, 1.807) is 14.1 Å². The lowest BCUT2D eigenvalue weighted by Gasteiger charge is -2.29. The first kappa shape index (κ1) is 12.5. The molecule has 2 aliphatic rings. The Hall–Kier alpha value is -1.55. The molecule has 3 rings (SSSR count). The molecule has 1 aromatic rings. The molecule has 1 aliphatic carbocycles. The SMILES string of the molecule is CN(C)C(=O)Oc1cccc2c1CCC1NCCC21. The van der Waals surface area contributed by atoms with E-state index in [9.17, 15) is 4.79 Å². The van der Waals surface area contributed by atoms with Crippen molar-refractivity contribution < 1.29 is 9.53 Å². The fourth-order valence-corrected chi connectivity index (χ4v) is 3.22. The molecule has 1 amide bonds. The van der Waals surface area contributed by atoms with E-state index in [1.807, 2.05) is 12.1 Å². The van der Waals surface area contributed by atoms with E-state index in [-0.39, 0.29) is 6.09 Å². The number of carbonyl (C=O) groups is 1. The van der Waals surface area contributed by atoms with E-state index in [0.717, 1.165) is 25.1 Å². The van der Waals surface area contributed by atoms with Crippen LogP contribution >= 0.6 is 0 Å². The topological polar surface area (TPSA) is 41.6 Å². The number of hydrogen-bond donors (Lipinski definition) is 1. The normalized spacial score (nSPS) is 24.5. The molecule has 2 atom stereocenters. The van der Waals surface area contributed by atoms with Gasteiger partial charge in [-0.1, -0.05) is 12.1 Å². The molecule has 0 aromatic heterocycles. The zero-order chi connectivity index (χ0) is 13.4. The van der Waals surface area contributed by atoms with Gasteiger partial charge in [0.25, 0.3) is 0 Å². The molecular weight excluding hydrogens is 240 g/mol. The van der Waals surface area contributed by atoms with Gasteiger partial charge < -0.3 is 15.0 Å². The first-order valence-corrected chi connectivity index (χ1v) is 6.91. The molecule has 102 valence electrons. The minimum atomic E-state index is -0.305. The molecule has 1 heterocycles. The molecular formula is C15H20N2O2. The third-order valence-electron chi connectivity index (χ3n) is 4.18. The molecule has 1 fully saturated rings. The molecule has 4 nitrogen and oxygen atoms in total. The van der Waals surface area contributed by atoms with Crippen LogP contribution in [-0.4, -0.2) is 37.7 Å². The smallest absolute Gasteiger partial charge is 0.410 e. The van der Waals surface area contributed by atoms with Crippen molar-refractivity contribution in [1.82, 2.24) is 10.2 Å². The van der Waals surface area contributed by atoms with Crippen molar-refractivity contribution >= 4 is 6.09 Å². The first-order chi connectivity index (χ1) is 9.16. The summed E-state index contributed by atoms with van der Waals surface area (Å²) in [7, 11) is 3.41. The van der Waals surface area contributed by atoms with Gasteiger partial charge in [0, 0.05) is 26.1 Å². The van der Waals surface area contributed by atoms with Crippen LogP contribution in [0.3, 0.4) is 0 Å². The molecule has 2 unspecified atom stereocenters. The van der Waals surface area contributed by atoms with Gasteiger partial charge in [-0.15, -0.1) is 0 Å². The summed E-state index contributed by atoms with van der Waals surface area (Å²) < 4.78 is 5.49. The van der Waals surface area contributed by atoms with Crippen LogP contribution < -0.4 is 10.1 Å². The lowest BCUT2D eigenvalue weighted by molar-refractivity contribution is 0.171. The van der Waals surface area contributed by atoms with Gasteiger partial charge in [-0.2, -0.15) is 0 Å². The number of rotatable bonds is 1. The highest BCUT2D eigenvalue weighted by Crippen LogP contribution is 2.40. The molecule has 1 N–H and O–H groups in total. The van der Waals surface area contributed by atoms with Crippen LogP contribution in [-0.2, 0) is 6.42 Å². The zero-order valence-electron chi connectivity index (χ0n) is 11.5. The van der Waals surface area contributed by atoms with Gasteiger partial charge in [0.05, 0.1) is 0 Å². The monoisotopic (exact) mass is 260 g/mol. The van der Waals surface area contributed by atoms with E-state index in [2.05, 4.69) is 11.4 Å². The first-order valence-electron chi connectivity index (χ1n) is 6.91. The number of benzene rings is 1. The summed E-state index contributed by atoms with van der Waals surface area (Å²) in [5, 5.41) is 3.56. The van der Waals surface area contributed by atoms with Crippen molar-refractivity contribution in [3.05, 3.63) is 29.3 Å². The van der Waals surface area contributed by atoms with Gasteiger partial charge in [-0.3, -0.25) is 0 Å². The predicted octanol–water partition coefficient (Wildman–Crippen LogP) is 2.14. The summed E-state index contributed by atoms with van der Waals surface area (Å²) in [6.45, 7) is 1.09. The fraction of sp³-hybridized carbons (Fsp3) is 0.533. The third kappa shape index (κ3) is 2.21. The Balaban J connectivity index is 1.91. The van der Waals surface area contributed by atoms with Crippen molar-refractivity contribution in [2.45, 2.75) is 31.2 Å². The van der Waals surface area contributed by atoms with Crippen LogP contribution in [0.5, 0.6) is 5.75 Å². The number of hydrogen-bond acceptors (Lipinski definition) is 3. The number of carbonyl (C=O) groups excluding carboxylic acids is 1. The van der Waals surface area contributed by atoms with Gasteiger partial charge in [0.2, 0.25) is 0 Å². The second-order valence-corrected chi connectivity index (χ2v) is 5.58. The average molecular weight is 260 g/mol. The highest BCUT2D eigenvalue weighted by atomic mass is 16.6. The van der Waals surface area contributed by atoms with E-state index < -0.39 is 0 Å². The Morgan fingerprint density at radius 3 is 3.00 bits per heavy atom. The maximum absolute atomic E-state index is 11.7. The second kappa shape index (κ2) is 4.85. The molecule has 1 aliphatic heterocycles. The van der Waals surface area contributed by atoms with Crippen LogP contribution in [0.15, 0.2) is 18.2 Å². The molecule has 4 heteroatoms. The van der Waals surface area contributed by atoms with Crippen LogP contribution in [0.2, 0.25) is 0 Å². The van der Waals surface area contributed by atoms with Gasteiger partial charge in [-0.25, -0.2) is 4.79 Å². The maximum Gasteiger partial charge on any atom is 0.414 e. The third-order valence-corrected chi connectivity index (χ3v) is 4.18. The number of amides is 1. The van der Waals surface area contributed by atoms with Crippen molar-refractivity contribution in [2.75, 3.05) is 20.6 Å². The summed E-state index contributed by atoms with van der Waals surface area (Å²) in [4.78, 5) is 13.2. The summed E-state index contributed by atoms with van der Waals surface area (Å²) in [5.74, 6) is 1.32. The standard InChI is InChI=1S/C15H20N2O2/c1-17(2)15(18)19-14-5-3-4-10-11-8-9-16-13(11)7-6-12(10)14/h3-5,11,13,16H,6-9H2,1-2H3. The quantitative estimate of drug-likeness (QED) is 0.841. The Labute approximate surface area is 113 Å². The summed E-state index contributed by atoms with van der Waals surface area (Å²) >= 11 is 0. The number of nitrogens with zero attached hydrogens (tertiary/aromatic N) is 1. The van der Waals surface area contributed by atoms with Crippen LogP contribution in [0.25, 0.3) is 0 Å². The Morgan fingerprint density at radius 2 is 2.21 bits per heavy atom. The van der Waals surface area contributed by atoms with E-state index in [4.69, 9.17) is 4.74 Å². The molecule has 1 saturated heterocycles. The molecule has 0 radical (unpaired) electrons. The number of nitrogens with one attached hydrogen (secondary N) is 1. The summed E-state index contributed by atoms with van der Waals surface area (Å²) in [6, 6.07) is 6.69. The Kier molecular flexibility index (Phi) is 3.19.